The van der Waals surface area contributed by atoms with E-state index >= 15 is 0 Å². The van der Waals surface area contributed by atoms with Crippen LogP contribution in [0.15, 0.2) is 78.5 Å². The lowest BCUT2D eigenvalue weighted by atomic mass is 10.1. The number of hydrogen-bond donors (Lipinski definition) is 1. The molecule has 0 heterocycles. The summed E-state index contributed by atoms with van der Waals surface area (Å²) in [4.78, 5) is 0. The van der Waals surface area contributed by atoms with Crippen LogP contribution < -0.4 is 5.32 Å². The number of para-hydroxylation sites is 1. The fourth-order valence-corrected chi connectivity index (χ4v) is 1.91. The largest absolute Gasteiger partial charge is 0.355 e. The van der Waals surface area contributed by atoms with Gasteiger partial charge in [-0.05, 0) is 36.3 Å². The second-order valence-electron chi connectivity index (χ2n) is 4.45. The molecule has 0 fully saturated rings. The fraction of sp³-hybridized carbons (Fsp3) is 0.0526. The van der Waals surface area contributed by atoms with Crippen LogP contribution in [0.5, 0.6) is 0 Å². The zero-order chi connectivity index (χ0) is 14.2. The van der Waals surface area contributed by atoms with E-state index in [2.05, 4.69) is 36.4 Å². The monoisotopic (exact) mass is 259 g/mol. The fourth-order valence-electron chi connectivity index (χ4n) is 1.91. The van der Waals surface area contributed by atoms with E-state index in [1.807, 2.05) is 48.5 Å². The van der Waals surface area contributed by atoms with E-state index in [0.29, 0.717) is 0 Å². The minimum atomic E-state index is 0.903. The molecule has 0 aliphatic heterocycles. The number of nitrogens with one attached hydrogen (secondary N) is 1. The Labute approximate surface area is 120 Å². The number of anilines is 1. The van der Waals surface area contributed by atoms with Crippen molar-refractivity contribution in [3.8, 4) is 12.3 Å². The second-order valence-corrected chi connectivity index (χ2v) is 4.45. The van der Waals surface area contributed by atoms with Crippen molar-refractivity contribution in [3.63, 3.8) is 0 Å². The first kappa shape index (κ1) is 13.7. The molecule has 0 spiro atoms. The van der Waals surface area contributed by atoms with Crippen LogP contribution in [-0.4, -0.2) is 0 Å². The summed E-state index contributed by atoms with van der Waals surface area (Å²) in [5.74, 6) is 2.58. The lowest BCUT2D eigenvalue weighted by molar-refractivity contribution is 1.46. The quantitative estimate of drug-likeness (QED) is 0.619. The van der Waals surface area contributed by atoms with E-state index < -0.39 is 0 Å². The van der Waals surface area contributed by atoms with Gasteiger partial charge in [-0.15, -0.1) is 6.42 Å². The summed E-state index contributed by atoms with van der Waals surface area (Å²) in [6.07, 6.45) is 9.20. The summed E-state index contributed by atoms with van der Waals surface area (Å²) in [7, 11) is 0. The van der Waals surface area contributed by atoms with Gasteiger partial charge in [0.15, 0.2) is 0 Å². The molecular formula is C19H17N. The summed E-state index contributed by atoms with van der Waals surface area (Å²) >= 11 is 0. The predicted molar refractivity (Wildman–Crippen MR) is 87.1 cm³/mol. The Kier molecular flexibility index (Phi) is 4.81. The van der Waals surface area contributed by atoms with E-state index in [9.17, 15) is 0 Å². The standard InChI is InChI=1S/C19H17N/c1-3-10-19(20-18-13-8-5-9-14-18)15-16(2)17-11-6-4-7-12-17/h1,4-15,20H,2H3/b16-15+,19-10+. The molecule has 0 saturated heterocycles. The van der Waals surface area contributed by atoms with Crippen LogP contribution >= 0.6 is 0 Å². The third kappa shape index (κ3) is 3.90. The molecule has 1 nitrogen and oxygen atoms in total. The topological polar surface area (TPSA) is 12.0 Å². The van der Waals surface area contributed by atoms with Gasteiger partial charge in [-0.25, -0.2) is 0 Å². The molecule has 1 heteroatoms. The van der Waals surface area contributed by atoms with E-state index in [1.54, 1.807) is 6.08 Å². The Morgan fingerprint density at radius 3 is 2.20 bits per heavy atom. The molecule has 0 bridgehead atoms. The number of rotatable bonds is 4. The lowest BCUT2D eigenvalue weighted by Gasteiger charge is -2.08. The van der Waals surface area contributed by atoms with Crippen LogP contribution in [0, 0.1) is 12.3 Å². The molecule has 1 N–H and O–H groups in total. The first-order chi connectivity index (χ1) is 9.79. The van der Waals surface area contributed by atoms with Gasteiger partial charge in [-0.1, -0.05) is 54.5 Å². The molecule has 2 aromatic rings. The van der Waals surface area contributed by atoms with Crippen molar-refractivity contribution in [1.82, 2.24) is 0 Å². The first-order valence-corrected chi connectivity index (χ1v) is 6.51. The summed E-state index contributed by atoms with van der Waals surface area (Å²) in [6, 6.07) is 20.2. The van der Waals surface area contributed by atoms with Crippen LogP contribution in [0.2, 0.25) is 0 Å². The molecular weight excluding hydrogens is 242 g/mol. The average molecular weight is 259 g/mol. The molecule has 0 aliphatic rings. The lowest BCUT2D eigenvalue weighted by Crippen LogP contribution is -1.97. The van der Waals surface area contributed by atoms with Crippen molar-refractivity contribution in [1.29, 1.82) is 0 Å². The molecule has 0 saturated carbocycles. The van der Waals surface area contributed by atoms with Crippen molar-refractivity contribution in [2.24, 2.45) is 0 Å². The van der Waals surface area contributed by atoms with Gasteiger partial charge < -0.3 is 5.32 Å². The van der Waals surface area contributed by atoms with Gasteiger partial charge in [-0.3, -0.25) is 0 Å². The zero-order valence-electron chi connectivity index (χ0n) is 11.5. The Morgan fingerprint density at radius 1 is 1.00 bits per heavy atom. The third-order valence-corrected chi connectivity index (χ3v) is 2.90. The number of benzene rings is 2. The van der Waals surface area contributed by atoms with Gasteiger partial charge in [-0.2, -0.15) is 0 Å². The summed E-state index contributed by atoms with van der Waals surface area (Å²) in [5, 5.41) is 3.32. The third-order valence-electron chi connectivity index (χ3n) is 2.90. The van der Waals surface area contributed by atoms with Gasteiger partial charge >= 0.3 is 0 Å². The van der Waals surface area contributed by atoms with Crippen molar-refractivity contribution < 1.29 is 0 Å². The molecule has 0 aliphatic carbocycles. The van der Waals surface area contributed by atoms with E-state index in [1.165, 1.54) is 5.56 Å². The normalized spacial score (nSPS) is 11.8. The Hall–Kier alpha value is -2.72. The number of hydrogen-bond acceptors (Lipinski definition) is 1. The van der Waals surface area contributed by atoms with Crippen LogP contribution in [0.1, 0.15) is 12.5 Å². The van der Waals surface area contributed by atoms with Crippen molar-refractivity contribution >= 4 is 11.3 Å². The van der Waals surface area contributed by atoms with Gasteiger partial charge in [0, 0.05) is 17.5 Å². The van der Waals surface area contributed by atoms with Crippen LogP contribution in [0.25, 0.3) is 5.57 Å². The zero-order valence-corrected chi connectivity index (χ0v) is 11.5. The van der Waals surface area contributed by atoms with Gasteiger partial charge in [0.25, 0.3) is 0 Å². The summed E-state index contributed by atoms with van der Waals surface area (Å²) in [5.41, 5.74) is 4.27. The smallest absolute Gasteiger partial charge is 0.0471 e. The predicted octanol–water partition coefficient (Wildman–Crippen LogP) is 4.72. The van der Waals surface area contributed by atoms with Crippen molar-refractivity contribution in [2.75, 3.05) is 5.32 Å². The molecule has 0 radical (unpaired) electrons. The summed E-state index contributed by atoms with van der Waals surface area (Å²) < 4.78 is 0. The molecule has 98 valence electrons. The molecule has 20 heavy (non-hydrogen) atoms. The maximum atomic E-state index is 5.40. The van der Waals surface area contributed by atoms with E-state index in [-0.39, 0.29) is 0 Å². The first-order valence-electron chi connectivity index (χ1n) is 6.51. The van der Waals surface area contributed by atoms with Crippen LogP contribution in [0.3, 0.4) is 0 Å². The molecule has 0 unspecified atom stereocenters. The maximum absolute atomic E-state index is 5.40. The minimum Gasteiger partial charge on any atom is -0.355 e. The molecule has 2 rings (SSSR count). The Morgan fingerprint density at radius 2 is 1.60 bits per heavy atom. The highest BCUT2D eigenvalue weighted by Crippen LogP contribution is 2.17. The molecule has 0 aromatic heterocycles. The highest BCUT2D eigenvalue weighted by molar-refractivity contribution is 5.68. The van der Waals surface area contributed by atoms with E-state index in [4.69, 9.17) is 6.42 Å². The van der Waals surface area contributed by atoms with Crippen molar-refractivity contribution in [2.45, 2.75) is 6.92 Å². The number of allylic oxidation sites excluding steroid dienone is 3. The van der Waals surface area contributed by atoms with Gasteiger partial charge in [0.2, 0.25) is 0 Å². The SMILES string of the molecule is C#C/C=C(\C=C(/C)c1ccccc1)Nc1ccccc1. The van der Waals surface area contributed by atoms with Crippen LogP contribution in [0.4, 0.5) is 5.69 Å². The van der Waals surface area contributed by atoms with Gasteiger partial charge in [0.05, 0.1) is 0 Å². The molecule has 0 amide bonds. The summed E-state index contributed by atoms with van der Waals surface area (Å²) in [6.45, 7) is 2.08. The Balaban J connectivity index is 2.23. The number of terminal acetylenes is 1. The average Bonchev–Trinajstić information content (AvgIpc) is 2.49. The molecule has 2 aromatic carbocycles. The second kappa shape index (κ2) is 7.01. The van der Waals surface area contributed by atoms with Gasteiger partial charge in [0.1, 0.15) is 0 Å². The minimum absolute atomic E-state index is 0.903. The maximum Gasteiger partial charge on any atom is 0.0471 e. The van der Waals surface area contributed by atoms with Crippen molar-refractivity contribution in [3.05, 3.63) is 84.1 Å². The highest BCUT2D eigenvalue weighted by Gasteiger charge is 1.98. The van der Waals surface area contributed by atoms with E-state index in [0.717, 1.165) is 17.0 Å². The highest BCUT2D eigenvalue weighted by atomic mass is 14.9. The Bertz CT molecular complexity index is 643. The van der Waals surface area contributed by atoms with Crippen LogP contribution in [-0.2, 0) is 0 Å². The molecule has 0 atom stereocenters.